The molecule has 2 aromatic rings. The zero-order valence-electron chi connectivity index (χ0n) is 15.3. The van der Waals surface area contributed by atoms with Crippen LogP contribution in [0.1, 0.15) is 24.0 Å². The largest absolute Gasteiger partial charge is 0.504 e. The maximum atomic E-state index is 12.0. The van der Waals surface area contributed by atoms with Crippen LogP contribution in [0.15, 0.2) is 42.5 Å². The number of methoxy groups -OCH3 is 2. The first-order valence-electron chi connectivity index (χ1n) is 8.38. The van der Waals surface area contributed by atoms with Gasteiger partial charge in [0.15, 0.2) is 28.8 Å². The standard InChI is InChI=1S/C21H22O6/c1-26-20-11-14(5-9-18(20)24)3-7-16(22)13-17(23)8-4-15-6-10-19(25)21(12-15)27-2/h3,5-7,9-12,24-25H,4,8,13H2,1-2H3. The van der Waals surface area contributed by atoms with Gasteiger partial charge in [-0.25, -0.2) is 0 Å². The van der Waals surface area contributed by atoms with E-state index in [9.17, 15) is 19.8 Å². The highest BCUT2D eigenvalue weighted by Gasteiger charge is 2.09. The van der Waals surface area contributed by atoms with E-state index in [1.807, 2.05) is 0 Å². The number of ether oxygens (including phenoxy) is 2. The second kappa shape index (κ2) is 9.43. The third-order valence-electron chi connectivity index (χ3n) is 3.97. The van der Waals surface area contributed by atoms with Crippen LogP contribution in [0.3, 0.4) is 0 Å². The van der Waals surface area contributed by atoms with Crippen LogP contribution in [0.2, 0.25) is 0 Å². The molecule has 142 valence electrons. The molecule has 0 aliphatic rings. The maximum Gasteiger partial charge on any atom is 0.163 e. The molecule has 0 saturated carbocycles. The highest BCUT2D eigenvalue weighted by atomic mass is 16.5. The van der Waals surface area contributed by atoms with Gasteiger partial charge < -0.3 is 19.7 Å². The van der Waals surface area contributed by atoms with Gasteiger partial charge in [0.2, 0.25) is 0 Å². The lowest BCUT2D eigenvalue weighted by molar-refractivity contribution is -0.124. The number of allylic oxidation sites excluding steroid dienone is 1. The second-order valence-electron chi connectivity index (χ2n) is 5.95. The van der Waals surface area contributed by atoms with E-state index in [1.165, 1.54) is 32.4 Å². The quantitative estimate of drug-likeness (QED) is 0.520. The molecule has 6 heteroatoms. The molecule has 0 aliphatic heterocycles. The fourth-order valence-electron chi connectivity index (χ4n) is 2.49. The fraction of sp³-hybridized carbons (Fsp3) is 0.238. The van der Waals surface area contributed by atoms with Gasteiger partial charge in [0.05, 0.1) is 20.6 Å². The number of carbonyl (C=O) groups excluding carboxylic acids is 2. The van der Waals surface area contributed by atoms with Crippen LogP contribution in [0.4, 0.5) is 0 Å². The van der Waals surface area contributed by atoms with Gasteiger partial charge in [-0.05, 0) is 47.9 Å². The number of phenols is 2. The van der Waals surface area contributed by atoms with Crippen molar-refractivity contribution in [2.24, 2.45) is 0 Å². The highest BCUT2D eigenvalue weighted by molar-refractivity contribution is 6.06. The third-order valence-corrected chi connectivity index (χ3v) is 3.97. The van der Waals surface area contributed by atoms with Gasteiger partial charge in [0.25, 0.3) is 0 Å². The fourth-order valence-corrected chi connectivity index (χ4v) is 2.49. The van der Waals surface area contributed by atoms with Gasteiger partial charge in [-0.15, -0.1) is 0 Å². The Morgan fingerprint density at radius 3 is 2.26 bits per heavy atom. The number of hydrogen-bond acceptors (Lipinski definition) is 6. The molecule has 0 fully saturated rings. The predicted octanol–water partition coefficient (Wildman–Crippen LogP) is 3.29. The van der Waals surface area contributed by atoms with Crippen molar-refractivity contribution < 1.29 is 29.3 Å². The van der Waals surface area contributed by atoms with Crippen LogP contribution < -0.4 is 9.47 Å². The average Bonchev–Trinajstić information content (AvgIpc) is 2.66. The van der Waals surface area contributed by atoms with Crippen LogP contribution >= 0.6 is 0 Å². The molecule has 0 radical (unpaired) electrons. The predicted molar refractivity (Wildman–Crippen MR) is 101 cm³/mol. The summed E-state index contributed by atoms with van der Waals surface area (Å²) < 4.78 is 10.0. The van der Waals surface area contributed by atoms with E-state index in [-0.39, 0.29) is 35.9 Å². The van der Waals surface area contributed by atoms with Gasteiger partial charge >= 0.3 is 0 Å². The number of aromatic hydroxyl groups is 2. The highest BCUT2D eigenvalue weighted by Crippen LogP contribution is 2.27. The molecule has 0 saturated heterocycles. The van der Waals surface area contributed by atoms with Gasteiger partial charge in [-0.3, -0.25) is 9.59 Å². The van der Waals surface area contributed by atoms with Gasteiger partial charge in [-0.2, -0.15) is 0 Å². The van der Waals surface area contributed by atoms with E-state index in [0.717, 1.165) is 5.56 Å². The molecule has 0 bridgehead atoms. The molecule has 0 spiro atoms. The van der Waals surface area contributed by atoms with Crippen LogP contribution in [0.5, 0.6) is 23.0 Å². The topological polar surface area (TPSA) is 93.1 Å². The minimum absolute atomic E-state index is 0.0158. The van der Waals surface area contributed by atoms with E-state index in [0.29, 0.717) is 23.5 Å². The minimum atomic E-state index is -0.296. The van der Waals surface area contributed by atoms with E-state index >= 15 is 0 Å². The van der Waals surface area contributed by atoms with Crippen LogP contribution in [0, 0.1) is 0 Å². The second-order valence-corrected chi connectivity index (χ2v) is 5.95. The molecule has 2 N–H and O–H groups in total. The van der Waals surface area contributed by atoms with Gasteiger partial charge in [-0.1, -0.05) is 18.2 Å². The summed E-state index contributed by atoms with van der Waals surface area (Å²) in [5.41, 5.74) is 1.53. The van der Waals surface area contributed by atoms with Crippen molar-refractivity contribution >= 4 is 17.6 Å². The molecule has 0 heterocycles. The number of rotatable bonds is 9. The summed E-state index contributed by atoms with van der Waals surface area (Å²) in [5, 5.41) is 19.1. The first kappa shape index (κ1) is 20.0. The summed E-state index contributed by atoms with van der Waals surface area (Å²) in [6.45, 7) is 0. The summed E-state index contributed by atoms with van der Waals surface area (Å²) in [6.07, 6.45) is 3.42. The molecule has 0 aliphatic carbocycles. The number of ketones is 2. The number of benzene rings is 2. The Balaban J connectivity index is 1.87. The molecule has 0 unspecified atom stereocenters. The normalized spacial score (nSPS) is 10.7. The van der Waals surface area contributed by atoms with Crippen molar-refractivity contribution in [2.75, 3.05) is 14.2 Å². The lowest BCUT2D eigenvalue weighted by Crippen LogP contribution is -2.06. The molecule has 0 atom stereocenters. The van der Waals surface area contributed by atoms with E-state index in [2.05, 4.69) is 0 Å². The molecule has 2 aromatic carbocycles. The number of phenolic OH excluding ortho intramolecular Hbond substituents is 2. The van der Waals surface area contributed by atoms with E-state index < -0.39 is 0 Å². The first-order valence-corrected chi connectivity index (χ1v) is 8.38. The zero-order chi connectivity index (χ0) is 19.8. The summed E-state index contributed by atoms with van der Waals surface area (Å²) in [6, 6.07) is 9.60. The summed E-state index contributed by atoms with van der Waals surface area (Å²) in [7, 11) is 2.90. The Kier molecular flexibility index (Phi) is 7.00. The van der Waals surface area contributed by atoms with Crippen LogP contribution in [-0.4, -0.2) is 36.0 Å². The van der Waals surface area contributed by atoms with Crippen molar-refractivity contribution in [1.29, 1.82) is 0 Å². The van der Waals surface area contributed by atoms with E-state index in [1.54, 1.807) is 30.3 Å². The van der Waals surface area contributed by atoms with Crippen molar-refractivity contribution in [1.82, 2.24) is 0 Å². The first-order chi connectivity index (χ1) is 12.9. The van der Waals surface area contributed by atoms with Crippen LogP contribution in [0.25, 0.3) is 6.08 Å². The molecule has 27 heavy (non-hydrogen) atoms. The summed E-state index contributed by atoms with van der Waals surface area (Å²) in [5.74, 6) is 0.254. The summed E-state index contributed by atoms with van der Waals surface area (Å²) in [4.78, 5) is 24.0. The maximum absolute atomic E-state index is 12.0. The Labute approximate surface area is 157 Å². The smallest absolute Gasteiger partial charge is 0.163 e. The van der Waals surface area contributed by atoms with Crippen LogP contribution in [-0.2, 0) is 16.0 Å². The Hall–Kier alpha value is -3.28. The molecule has 2 rings (SSSR count). The van der Waals surface area contributed by atoms with Crippen molar-refractivity contribution in [3.8, 4) is 23.0 Å². The van der Waals surface area contributed by atoms with Crippen molar-refractivity contribution in [2.45, 2.75) is 19.3 Å². The van der Waals surface area contributed by atoms with E-state index in [4.69, 9.17) is 9.47 Å². The minimum Gasteiger partial charge on any atom is -0.504 e. The molecular formula is C21H22O6. The SMILES string of the molecule is COc1cc(C=CC(=O)CC(=O)CCc2ccc(O)c(OC)c2)ccc1O. The number of hydrogen-bond donors (Lipinski definition) is 2. The average molecular weight is 370 g/mol. The lowest BCUT2D eigenvalue weighted by atomic mass is 10.0. The Morgan fingerprint density at radius 2 is 1.59 bits per heavy atom. The van der Waals surface area contributed by atoms with Crippen molar-refractivity contribution in [3.63, 3.8) is 0 Å². The van der Waals surface area contributed by atoms with Gasteiger partial charge in [0.1, 0.15) is 5.78 Å². The molecule has 6 nitrogen and oxygen atoms in total. The molecular weight excluding hydrogens is 348 g/mol. The monoisotopic (exact) mass is 370 g/mol. The molecule has 0 amide bonds. The number of Topliss-reactive ketones (excluding diaryl/α,β-unsaturated/α-hetero) is 1. The van der Waals surface area contributed by atoms with Crippen molar-refractivity contribution in [3.05, 3.63) is 53.6 Å². The Bertz CT molecular complexity index is 854. The third kappa shape index (κ3) is 5.88. The Morgan fingerprint density at radius 1 is 0.963 bits per heavy atom. The lowest BCUT2D eigenvalue weighted by Gasteiger charge is -2.06. The number of carbonyl (C=O) groups is 2. The summed E-state index contributed by atoms with van der Waals surface area (Å²) >= 11 is 0. The molecule has 0 aromatic heterocycles. The van der Waals surface area contributed by atoms with Gasteiger partial charge in [0, 0.05) is 6.42 Å². The number of aryl methyl sites for hydroxylation is 1. The zero-order valence-corrected chi connectivity index (χ0v) is 15.3.